The van der Waals surface area contributed by atoms with Gasteiger partial charge in [0.2, 0.25) is 17.8 Å². The van der Waals surface area contributed by atoms with Crippen LogP contribution >= 0.6 is 0 Å². The van der Waals surface area contributed by atoms with Crippen LogP contribution in [0.4, 0.5) is 17.8 Å². The lowest BCUT2D eigenvalue weighted by molar-refractivity contribution is 0.210. The van der Waals surface area contributed by atoms with Crippen molar-refractivity contribution < 1.29 is 4.74 Å². The molecule has 90 valence electrons. The molecule has 16 heavy (non-hydrogen) atoms. The summed E-state index contributed by atoms with van der Waals surface area (Å²) in [6, 6.07) is 0. The van der Waals surface area contributed by atoms with Crippen molar-refractivity contribution in [1.82, 2.24) is 15.0 Å². The third-order valence-electron chi connectivity index (χ3n) is 1.74. The fourth-order valence-corrected chi connectivity index (χ4v) is 0.973. The zero-order chi connectivity index (χ0) is 12.0. The molecule has 0 amide bonds. The Morgan fingerprint density at radius 3 is 2.50 bits per heavy atom. The van der Waals surface area contributed by atoms with Gasteiger partial charge in [-0.3, -0.25) is 5.43 Å². The molecule has 0 saturated carbocycles. The van der Waals surface area contributed by atoms with E-state index in [2.05, 4.69) is 25.7 Å². The maximum absolute atomic E-state index is 5.27. The Balaban J connectivity index is 2.78. The van der Waals surface area contributed by atoms with Crippen molar-refractivity contribution in [3.63, 3.8) is 0 Å². The molecule has 1 aromatic heterocycles. The molecule has 4 N–H and O–H groups in total. The summed E-state index contributed by atoms with van der Waals surface area (Å²) in [5, 5.41) is 3.01. The molecule has 0 radical (unpaired) electrons. The number of nitrogens with zero attached hydrogens (tertiary/aromatic N) is 4. The highest BCUT2D eigenvalue weighted by atomic mass is 16.5. The Morgan fingerprint density at radius 2 is 1.94 bits per heavy atom. The molecule has 0 saturated heterocycles. The minimum Gasteiger partial charge on any atom is -0.383 e. The number of nitrogens with two attached hydrogens (primary N) is 1. The van der Waals surface area contributed by atoms with E-state index in [9.17, 15) is 0 Å². The van der Waals surface area contributed by atoms with Crippen molar-refractivity contribution >= 4 is 17.8 Å². The molecule has 8 nitrogen and oxygen atoms in total. The summed E-state index contributed by atoms with van der Waals surface area (Å²) in [4.78, 5) is 14.1. The van der Waals surface area contributed by atoms with Crippen molar-refractivity contribution in [2.24, 2.45) is 5.84 Å². The number of hydrogen-bond donors (Lipinski definition) is 3. The standard InChI is InChI=1S/C8H17N7O/c1-15(2)8-12-6(10-4-5-16-3)11-7(13-8)14-9/h4-5,9H2,1-3H3,(H2,10,11,12,13,14). The zero-order valence-corrected chi connectivity index (χ0v) is 9.69. The molecular weight excluding hydrogens is 210 g/mol. The zero-order valence-electron chi connectivity index (χ0n) is 9.69. The third-order valence-corrected chi connectivity index (χ3v) is 1.74. The average Bonchev–Trinajstić information content (AvgIpc) is 2.29. The van der Waals surface area contributed by atoms with Crippen LogP contribution in [-0.2, 0) is 4.74 Å². The van der Waals surface area contributed by atoms with Crippen molar-refractivity contribution in [2.75, 3.05) is 50.0 Å². The van der Waals surface area contributed by atoms with Gasteiger partial charge < -0.3 is 15.0 Å². The Bertz CT molecular complexity index is 330. The van der Waals surface area contributed by atoms with Crippen molar-refractivity contribution in [3.8, 4) is 0 Å². The van der Waals surface area contributed by atoms with Gasteiger partial charge in [0.15, 0.2) is 0 Å². The quantitative estimate of drug-likeness (QED) is 0.332. The molecule has 0 unspecified atom stereocenters. The van der Waals surface area contributed by atoms with Crippen LogP contribution in [0.2, 0.25) is 0 Å². The lowest BCUT2D eigenvalue weighted by Crippen LogP contribution is -2.19. The molecule has 1 aromatic rings. The fourth-order valence-electron chi connectivity index (χ4n) is 0.973. The molecule has 0 atom stereocenters. The predicted molar refractivity (Wildman–Crippen MR) is 62.3 cm³/mol. The number of hydrazine groups is 1. The third kappa shape index (κ3) is 3.48. The Kier molecular flexibility index (Phi) is 4.67. The highest BCUT2D eigenvalue weighted by Gasteiger charge is 2.06. The summed E-state index contributed by atoms with van der Waals surface area (Å²) in [6.07, 6.45) is 0. The van der Waals surface area contributed by atoms with Crippen LogP contribution in [0.3, 0.4) is 0 Å². The largest absolute Gasteiger partial charge is 0.383 e. The number of anilines is 3. The monoisotopic (exact) mass is 227 g/mol. The van der Waals surface area contributed by atoms with E-state index in [4.69, 9.17) is 10.6 Å². The lowest BCUT2D eigenvalue weighted by Gasteiger charge is -2.12. The molecule has 0 spiro atoms. The molecule has 0 aliphatic carbocycles. The first-order valence-corrected chi connectivity index (χ1v) is 4.80. The highest BCUT2D eigenvalue weighted by molar-refractivity contribution is 5.42. The number of methoxy groups -OCH3 is 1. The first kappa shape index (κ1) is 12.4. The van der Waals surface area contributed by atoms with E-state index >= 15 is 0 Å². The number of ether oxygens (including phenoxy) is 1. The molecule has 0 aliphatic rings. The van der Waals surface area contributed by atoms with Gasteiger partial charge in [-0.05, 0) is 0 Å². The molecule has 0 bridgehead atoms. The molecular formula is C8H17N7O. The highest BCUT2D eigenvalue weighted by Crippen LogP contribution is 2.09. The number of hydrogen-bond acceptors (Lipinski definition) is 8. The summed E-state index contributed by atoms with van der Waals surface area (Å²) in [6.45, 7) is 1.20. The lowest BCUT2D eigenvalue weighted by atomic mass is 10.6. The summed E-state index contributed by atoms with van der Waals surface area (Å²) in [7, 11) is 5.32. The van der Waals surface area contributed by atoms with Gasteiger partial charge in [-0.15, -0.1) is 0 Å². The van der Waals surface area contributed by atoms with Gasteiger partial charge in [-0.1, -0.05) is 0 Å². The van der Waals surface area contributed by atoms with Gasteiger partial charge in [0, 0.05) is 27.7 Å². The Labute approximate surface area is 94.2 Å². The predicted octanol–water partition coefficient (Wildman–Crippen LogP) is -0.718. The number of nitrogens with one attached hydrogen (secondary N) is 2. The van der Waals surface area contributed by atoms with Gasteiger partial charge in [0.1, 0.15) is 0 Å². The van der Waals surface area contributed by atoms with Crippen LogP contribution in [0.1, 0.15) is 0 Å². The van der Waals surface area contributed by atoms with E-state index in [0.717, 1.165) is 0 Å². The molecule has 0 fully saturated rings. The second-order valence-corrected chi connectivity index (χ2v) is 3.24. The average molecular weight is 227 g/mol. The number of rotatable bonds is 6. The van der Waals surface area contributed by atoms with Gasteiger partial charge in [0.05, 0.1) is 6.61 Å². The molecule has 0 aliphatic heterocycles. The summed E-state index contributed by atoms with van der Waals surface area (Å²) >= 11 is 0. The number of nitrogen functional groups attached to an aromatic ring is 1. The smallest absolute Gasteiger partial charge is 0.243 e. The van der Waals surface area contributed by atoms with E-state index in [1.54, 1.807) is 12.0 Å². The van der Waals surface area contributed by atoms with Crippen LogP contribution in [-0.4, -0.2) is 49.3 Å². The van der Waals surface area contributed by atoms with Crippen molar-refractivity contribution in [2.45, 2.75) is 0 Å². The molecule has 8 heteroatoms. The molecule has 1 rings (SSSR count). The fraction of sp³-hybridized carbons (Fsp3) is 0.625. The number of aromatic nitrogens is 3. The van der Waals surface area contributed by atoms with E-state index in [1.165, 1.54) is 0 Å². The van der Waals surface area contributed by atoms with Gasteiger partial charge in [0.25, 0.3) is 0 Å². The van der Waals surface area contributed by atoms with Crippen LogP contribution in [0, 0.1) is 0 Å². The topological polar surface area (TPSA) is 101 Å². The normalized spacial score (nSPS) is 10.0. The van der Waals surface area contributed by atoms with Gasteiger partial charge in [-0.2, -0.15) is 15.0 Å². The van der Waals surface area contributed by atoms with E-state index in [1.807, 2.05) is 14.1 Å². The molecule has 1 heterocycles. The van der Waals surface area contributed by atoms with Crippen LogP contribution in [0.15, 0.2) is 0 Å². The van der Waals surface area contributed by atoms with Gasteiger partial charge in [-0.25, -0.2) is 5.84 Å². The van der Waals surface area contributed by atoms with Crippen LogP contribution in [0.5, 0.6) is 0 Å². The maximum atomic E-state index is 5.27. The minimum atomic E-state index is 0.318. The summed E-state index contributed by atoms with van der Waals surface area (Å²) in [5.74, 6) is 6.58. The minimum absolute atomic E-state index is 0.318. The summed E-state index contributed by atoms with van der Waals surface area (Å²) in [5.41, 5.74) is 2.39. The second kappa shape index (κ2) is 6.03. The van der Waals surface area contributed by atoms with E-state index < -0.39 is 0 Å². The van der Waals surface area contributed by atoms with Crippen molar-refractivity contribution in [3.05, 3.63) is 0 Å². The van der Waals surface area contributed by atoms with Crippen LogP contribution in [0.25, 0.3) is 0 Å². The van der Waals surface area contributed by atoms with E-state index in [0.29, 0.717) is 31.0 Å². The van der Waals surface area contributed by atoms with Crippen molar-refractivity contribution in [1.29, 1.82) is 0 Å². The first-order valence-electron chi connectivity index (χ1n) is 4.80. The van der Waals surface area contributed by atoms with Crippen LogP contribution < -0.4 is 21.5 Å². The Morgan fingerprint density at radius 1 is 1.25 bits per heavy atom. The second-order valence-electron chi connectivity index (χ2n) is 3.24. The van der Waals surface area contributed by atoms with E-state index in [-0.39, 0.29) is 0 Å². The SMILES string of the molecule is COCCNc1nc(NN)nc(N(C)C)n1. The Hall–Kier alpha value is -1.67. The first-order chi connectivity index (χ1) is 7.67. The summed E-state index contributed by atoms with van der Waals surface area (Å²) < 4.78 is 4.91. The van der Waals surface area contributed by atoms with Gasteiger partial charge >= 0.3 is 0 Å². The maximum Gasteiger partial charge on any atom is 0.243 e. The molecule has 0 aromatic carbocycles.